The van der Waals surface area contributed by atoms with Crippen LogP contribution in [0.15, 0.2) is 47.7 Å². The number of aliphatic imine (C=N–C) groups is 1. The van der Waals surface area contributed by atoms with Crippen LogP contribution < -0.4 is 10.6 Å². The molecule has 2 aromatic rings. The van der Waals surface area contributed by atoms with Crippen molar-refractivity contribution in [3.8, 4) is 0 Å². The van der Waals surface area contributed by atoms with Gasteiger partial charge in [-0.15, -0.1) is 0 Å². The Kier molecular flexibility index (Phi) is 6.34. The molecule has 1 fully saturated rings. The predicted octanol–water partition coefficient (Wildman–Crippen LogP) is 2.61. The van der Waals surface area contributed by atoms with E-state index in [9.17, 15) is 23.1 Å². The number of aryl methyl sites for hydroxylation is 1. The Morgan fingerprint density at radius 2 is 2.03 bits per heavy atom. The number of nitrogens with one attached hydrogen (secondary N) is 2. The Morgan fingerprint density at radius 3 is 2.76 bits per heavy atom. The van der Waals surface area contributed by atoms with E-state index >= 15 is 0 Å². The SMILES string of the molecule is Cc1ncc(NC(=O)c2cccc(C(F)(F)F)c2)cc1C1=CNC(O)C(N2CCOCC2)=N1. The number of halogens is 3. The molecule has 11 heteroatoms. The number of nitrogens with zero attached hydrogens (tertiary/aromatic N) is 3. The molecule has 8 nitrogen and oxygen atoms in total. The molecule has 4 rings (SSSR count). The van der Waals surface area contributed by atoms with Gasteiger partial charge in [0.2, 0.25) is 0 Å². The van der Waals surface area contributed by atoms with Gasteiger partial charge in [0.15, 0.2) is 12.1 Å². The number of morpholine rings is 1. The van der Waals surface area contributed by atoms with Gasteiger partial charge >= 0.3 is 6.18 Å². The lowest BCUT2D eigenvalue weighted by Gasteiger charge is -2.33. The zero-order valence-corrected chi connectivity index (χ0v) is 17.7. The number of carbonyl (C=O) groups excluding carboxylic acids is 1. The molecule has 0 radical (unpaired) electrons. The number of anilines is 1. The summed E-state index contributed by atoms with van der Waals surface area (Å²) in [6, 6.07) is 5.83. The summed E-state index contributed by atoms with van der Waals surface area (Å²) in [4.78, 5) is 23.4. The van der Waals surface area contributed by atoms with Gasteiger partial charge in [-0.2, -0.15) is 13.2 Å². The number of hydrogen-bond acceptors (Lipinski definition) is 7. The van der Waals surface area contributed by atoms with E-state index in [0.29, 0.717) is 54.8 Å². The largest absolute Gasteiger partial charge is 0.416 e. The minimum absolute atomic E-state index is 0.124. The smallest absolute Gasteiger partial charge is 0.378 e. The highest BCUT2D eigenvalue weighted by molar-refractivity contribution is 6.04. The van der Waals surface area contributed by atoms with Crippen LogP contribution in [-0.4, -0.2) is 59.3 Å². The van der Waals surface area contributed by atoms with Gasteiger partial charge in [-0.05, 0) is 31.2 Å². The average molecular weight is 461 g/mol. The van der Waals surface area contributed by atoms with Crippen molar-refractivity contribution >= 4 is 23.1 Å². The predicted molar refractivity (Wildman–Crippen MR) is 115 cm³/mol. The van der Waals surface area contributed by atoms with E-state index in [1.165, 1.54) is 18.3 Å². The van der Waals surface area contributed by atoms with E-state index in [1.807, 2.05) is 4.90 Å². The van der Waals surface area contributed by atoms with Crippen LogP contribution >= 0.6 is 0 Å². The van der Waals surface area contributed by atoms with Crippen molar-refractivity contribution in [3.63, 3.8) is 0 Å². The van der Waals surface area contributed by atoms with Gasteiger partial charge in [-0.25, -0.2) is 4.99 Å². The molecule has 2 aliphatic heterocycles. The summed E-state index contributed by atoms with van der Waals surface area (Å²) in [5, 5.41) is 15.8. The third-order valence-electron chi connectivity index (χ3n) is 5.27. The second-order valence-corrected chi connectivity index (χ2v) is 7.56. The minimum atomic E-state index is -4.55. The van der Waals surface area contributed by atoms with Crippen LogP contribution in [0.4, 0.5) is 18.9 Å². The number of pyridine rings is 1. The highest BCUT2D eigenvalue weighted by Crippen LogP contribution is 2.30. The number of amidine groups is 1. The molecule has 1 aromatic carbocycles. The van der Waals surface area contributed by atoms with Gasteiger partial charge in [0.25, 0.3) is 5.91 Å². The minimum Gasteiger partial charge on any atom is -0.378 e. The molecule has 0 saturated carbocycles. The van der Waals surface area contributed by atoms with Crippen molar-refractivity contribution in [2.24, 2.45) is 4.99 Å². The fourth-order valence-electron chi connectivity index (χ4n) is 3.52. The second kappa shape index (κ2) is 9.20. The highest BCUT2D eigenvalue weighted by Gasteiger charge is 2.31. The maximum absolute atomic E-state index is 13.0. The van der Waals surface area contributed by atoms with Gasteiger partial charge in [0.1, 0.15) is 0 Å². The number of aromatic nitrogens is 1. The standard InChI is InChI=1S/C22H22F3N5O3/c1-13-17(18-12-27-21(32)19(29-18)30-5-7-33-8-6-30)10-16(11-26-13)28-20(31)14-3-2-4-15(9-14)22(23,24)25/h2-4,9-12,21,27,32H,5-8H2,1H3,(H,28,31). The molecule has 1 saturated heterocycles. The number of benzene rings is 1. The molecule has 3 N–H and O–H groups in total. The Morgan fingerprint density at radius 1 is 1.27 bits per heavy atom. The number of ether oxygens (including phenoxy) is 1. The quantitative estimate of drug-likeness (QED) is 0.650. The molecule has 0 bridgehead atoms. The van der Waals surface area contributed by atoms with E-state index in [2.05, 4.69) is 20.6 Å². The fraction of sp³-hybridized carbons (Fsp3) is 0.318. The molecular weight excluding hydrogens is 439 g/mol. The summed E-state index contributed by atoms with van der Waals surface area (Å²) >= 11 is 0. The van der Waals surface area contributed by atoms with E-state index < -0.39 is 23.9 Å². The molecule has 1 unspecified atom stereocenters. The lowest BCUT2D eigenvalue weighted by atomic mass is 10.1. The van der Waals surface area contributed by atoms with Crippen LogP contribution in [-0.2, 0) is 10.9 Å². The van der Waals surface area contributed by atoms with Crippen molar-refractivity contribution in [3.05, 3.63) is 65.1 Å². The summed E-state index contributed by atoms with van der Waals surface area (Å²) in [6.07, 6.45) is -2.54. The average Bonchev–Trinajstić information content (AvgIpc) is 2.81. The third-order valence-corrected chi connectivity index (χ3v) is 5.27. The zero-order chi connectivity index (χ0) is 23.6. The Balaban J connectivity index is 1.57. The second-order valence-electron chi connectivity index (χ2n) is 7.56. The topological polar surface area (TPSA) is 99.1 Å². The first-order valence-electron chi connectivity index (χ1n) is 10.2. The number of amides is 1. The molecule has 3 heterocycles. The molecule has 0 aliphatic carbocycles. The summed E-state index contributed by atoms with van der Waals surface area (Å²) in [5.74, 6) is -0.241. The molecule has 33 heavy (non-hydrogen) atoms. The molecule has 0 spiro atoms. The summed E-state index contributed by atoms with van der Waals surface area (Å²) in [7, 11) is 0. The van der Waals surface area contributed by atoms with Gasteiger partial charge < -0.3 is 25.4 Å². The zero-order valence-electron chi connectivity index (χ0n) is 17.7. The fourth-order valence-corrected chi connectivity index (χ4v) is 3.52. The van der Waals surface area contributed by atoms with Crippen molar-refractivity contribution in [1.82, 2.24) is 15.2 Å². The van der Waals surface area contributed by atoms with Crippen LogP contribution in [0.1, 0.15) is 27.2 Å². The van der Waals surface area contributed by atoms with Crippen LogP contribution in [0, 0.1) is 6.92 Å². The summed E-state index contributed by atoms with van der Waals surface area (Å²) in [6.45, 7) is 4.01. The molecule has 1 atom stereocenters. The maximum atomic E-state index is 13.0. The lowest BCUT2D eigenvalue weighted by Crippen LogP contribution is -2.50. The van der Waals surface area contributed by atoms with Crippen molar-refractivity contribution in [2.75, 3.05) is 31.6 Å². The van der Waals surface area contributed by atoms with Crippen molar-refractivity contribution in [2.45, 2.75) is 19.3 Å². The first-order chi connectivity index (χ1) is 15.7. The van der Waals surface area contributed by atoms with E-state index in [1.54, 1.807) is 19.2 Å². The Labute approximate surface area is 187 Å². The number of carbonyl (C=O) groups is 1. The molecule has 1 aromatic heterocycles. The molecule has 174 valence electrons. The van der Waals surface area contributed by atoms with Crippen LogP contribution in [0.5, 0.6) is 0 Å². The number of aliphatic hydroxyl groups excluding tert-OH is 1. The van der Waals surface area contributed by atoms with Crippen LogP contribution in [0.25, 0.3) is 5.70 Å². The number of aliphatic hydroxyl groups is 1. The van der Waals surface area contributed by atoms with E-state index in [4.69, 9.17) is 4.74 Å². The Bertz CT molecular complexity index is 1110. The third kappa shape index (κ3) is 5.15. The summed E-state index contributed by atoms with van der Waals surface area (Å²) < 4.78 is 44.2. The van der Waals surface area contributed by atoms with Crippen LogP contribution in [0.2, 0.25) is 0 Å². The first-order valence-corrected chi connectivity index (χ1v) is 10.2. The van der Waals surface area contributed by atoms with Crippen molar-refractivity contribution < 1.29 is 27.8 Å². The van der Waals surface area contributed by atoms with Gasteiger partial charge in [0.05, 0.1) is 36.4 Å². The monoisotopic (exact) mass is 461 g/mol. The van der Waals surface area contributed by atoms with Crippen molar-refractivity contribution in [1.29, 1.82) is 0 Å². The highest BCUT2D eigenvalue weighted by atomic mass is 19.4. The maximum Gasteiger partial charge on any atom is 0.416 e. The molecule has 2 aliphatic rings. The molecular formula is C22H22F3N5O3. The lowest BCUT2D eigenvalue weighted by molar-refractivity contribution is -0.137. The number of rotatable bonds is 3. The van der Waals surface area contributed by atoms with E-state index in [-0.39, 0.29) is 5.56 Å². The van der Waals surface area contributed by atoms with Gasteiger partial charge in [-0.3, -0.25) is 9.78 Å². The summed E-state index contributed by atoms with van der Waals surface area (Å²) in [5.41, 5.74) is 1.000. The number of alkyl halides is 3. The molecule has 1 amide bonds. The van der Waals surface area contributed by atoms with Crippen LogP contribution in [0.3, 0.4) is 0 Å². The first kappa shape index (κ1) is 22.7. The van der Waals surface area contributed by atoms with Gasteiger partial charge in [-0.1, -0.05) is 6.07 Å². The van der Waals surface area contributed by atoms with E-state index in [0.717, 1.165) is 12.1 Å². The Hall–Kier alpha value is -3.44. The normalized spacial score (nSPS) is 18.8. The van der Waals surface area contributed by atoms with Gasteiger partial charge in [0, 0.05) is 36.1 Å². The number of hydrogen-bond donors (Lipinski definition) is 3.